The Kier molecular flexibility index (Phi) is 48.7. The Balaban J connectivity index is 4.61. The lowest BCUT2D eigenvalue weighted by atomic mass is 10.1. The number of hydrogen-bond acceptors (Lipinski definition) is 6. The van der Waals surface area contributed by atoms with Gasteiger partial charge in [-0.15, -0.1) is 0 Å². The summed E-state index contributed by atoms with van der Waals surface area (Å²) in [5.41, 5.74) is 0. The van der Waals surface area contributed by atoms with Crippen LogP contribution in [0, 0.1) is 0 Å². The summed E-state index contributed by atoms with van der Waals surface area (Å²) in [4.78, 5) is 38.0. The summed E-state index contributed by atoms with van der Waals surface area (Å²) < 4.78 is 16.7. The number of carbonyl (C=O) groups is 3. The fraction of sp³-hybridized carbons (Fsp3) is 0.517. The molecule has 0 aromatic carbocycles. The van der Waals surface area contributed by atoms with Crippen molar-refractivity contribution in [3.63, 3.8) is 0 Å². The van der Waals surface area contributed by atoms with Gasteiger partial charge in [-0.3, -0.25) is 14.4 Å². The van der Waals surface area contributed by atoms with Crippen LogP contribution in [0.2, 0.25) is 0 Å². The molecule has 0 spiro atoms. The smallest absolute Gasteiger partial charge is 0.306 e. The van der Waals surface area contributed by atoms with Crippen molar-refractivity contribution in [1.29, 1.82) is 0 Å². The van der Waals surface area contributed by atoms with E-state index in [2.05, 4.69) is 81.5 Å². The molecule has 0 bridgehead atoms. The first kappa shape index (κ1) is 61.0. The van der Waals surface area contributed by atoms with Gasteiger partial charge in [0.2, 0.25) is 0 Å². The molecule has 0 amide bonds. The second kappa shape index (κ2) is 52.7. The Hall–Kier alpha value is -4.97. The molecule has 366 valence electrons. The van der Waals surface area contributed by atoms with Crippen LogP contribution in [-0.4, -0.2) is 37.2 Å². The number of ether oxygens (including phenoxy) is 3. The lowest BCUT2D eigenvalue weighted by Crippen LogP contribution is -2.30. The minimum atomic E-state index is -0.834. The van der Waals surface area contributed by atoms with E-state index in [0.29, 0.717) is 12.8 Å². The van der Waals surface area contributed by atoms with Gasteiger partial charge in [0.1, 0.15) is 13.2 Å². The van der Waals surface area contributed by atoms with E-state index in [4.69, 9.17) is 14.2 Å². The molecular weight excluding hydrogens is 817 g/mol. The van der Waals surface area contributed by atoms with Gasteiger partial charge in [-0.2, -0.15) is 0 Å². The van der Waals surface area contributed by atoms with Crippen LogP contribution < -0.4 is 0 Å². The van der Waals surface area contributed by atoms with Crippen molar-refractivity contribution >= 4 is 17.9 Å². The third kappa shape index (κ3) is 50.0. The average Bonchev–Trinajstić information content (AvgIpc) is 3.31. The molecule has 0 heterocycles. The SMILES string of the molecule is CC/C=C/C=C/C=C/C=C/C=C/C=C/CCCCCC(=O)OC(COC(=O)CCCCC/C=C/C=C/C=C/C=C/CC)COC(=O)CCCCCCC/C=C/C=C/C=C/CCCCCCC. The van der Waals surface area contributed by atoms with Crippen LogP contribution in [0.3, 0.4) is 0 Å². The number of allylic oxidation sites excluding steroid dienone is 26. The molecule has 0 aliphatic rings. The third-order valence-electron chi connectivity index (χ3n) is 10.1. The van der Waals surface area contributed by atoms with E-state index in [0.717, 1.165) is 103 Å². The monoisotopic (exact) mass is 907 g/mol. The maximum atomic E-state index is 12.8. The van der Waals surface area contributed by atoms with E-state index < -0.39 is 6.10 Å². The highest BCUT2D eigenvalue weighted by Gasteiger charge is 2.19. The molecule has 1 unspecified atom stereocenters. The number of rotatable bonds is 43. The standard InChI is InChI=1S/C60H90O6/c1-4-7-10-13-16-19-22-25-27-29-31-32-35-38-41-44-47-50-53-59(62)65-56-57(55-64-58(61)52-49-46-43-40-37-34-24-21-18-15-12-9-6-3)66-60(63)54-51-48-45-42-39-36-33-30-28-26-23-20-17-14-11-8-5-2/h8-9,11-12,14-15,17-18,20-34,36-37,39,57H,4-7,10,13,16,19,35,38,40-56H2,1-3H3/b11-8+,12-9+,17-14+,18-15+,23-20+,24-21+,25-22+,28-26+,29-27+,32-31+,33-30+,37-34+,39-36+. The zero-order chi connectivity index (χ0) is 47.9. The fourth-order valence-electron chi connectivity index (χ4n) is 6.25. The van der Waals surface area contributed by atoms with E-state index in [1.54, 1.807) is 0 Å². The first-order valence-electron chi connectivity index (χ1n) is 25.7. The Labute approximate surface area is 403 Å². The number of unbranched alkanes of at least 4 members (excludes halogenated alkanes) is 16. The van der Waals surface area contributed by atoms with E-state index in [1.807, 2.05) is 97.2 Å². The number of esters is 3. The molecule has 0 aliphatic carbocycles. The molecule has 6 heteroatoms. The maximum Gasteiger partial charge on any atom is 0.306 e. The van der Waals surface area contributed by atoms with Crippen LogP contribution >= 0.6 is 0 Å². The molecule has 0 saturated carbocycles. The minimum absolute atomic E-state index is 0.128. The molecule has 0 fully saturated rings. The van der Waals surface area contributed by atoms with Crippen LogP contribution in [0.15, 0.2) is 158 Å². The summed E-state index contributed by atoms with van der Waals surface area (Å²) in [6.45, 7) is 6.21. The minimum Gasteiger partial charge on any atom is -0.462 e. The third-order valence-corrected chi connectivity index (χ3v) is 10.1. The molecule has 0 aromatic heterocycles. The van der Waals surface area contributed by atoms with E-state index in [9.17, 15) is 14.4 Å². The van der Waals surface area contributed by atoms with Gasteiger partial charge in [-0.05, 0) is 83.5 Å². The number of hydrogen-bond donors (Lipinski definition) is 0. The molecular formula is C60H90O6. The normalized spacial score (nSPS) is 13.4. The summed E-state index contributed by atoms with van der Waals surface area (Å²) in [7, 11) is 0. The molecule has 0 aliphatic heterocycles. The Bertz CT molecular complexity index is 1560. The fourth-order valence-corrected chi connectivity index (χ4v) is 6.25. The number of carbonyl (C=O) groups excluding carboxylic acids is 3. The lowest BCUT2D eigenvalue weighted by Gasteiger charge is -2.18. The topological polar surface area (TPSA) is 78.9 Å². The van der Waals surface area contributed by atoms with Crippen molar-refractivity contribution in [2.24, 2.45) is 0 Å². The summed E-state index contributed by atoms with van der Waals surface area (Å²) in [5, 5.41) is 0. The van der Waals surface area contributed by atoms with Gasteiger partial charge in [0.15, 0.2) is 6.10 Å². The highest BCUT2D eigenvalue weighted by Crippen LogP contribution is 2.12. The van der Waals surface area contributed by atoms with Gasteiger partial charge >= 0.3 is 17.9 Å². The lowest BCUT2D eigenvalue weighted by molar-refractivity contribution is -0.167. The predicted octanol–water partition coefficient (Wildman–Crippen LogP) is 17.0. The van der Waals surface area contributed by atoms with Crippen molar-refractivity contribution < 1.29 is 28.6 Å². The first-order chi connectivity index (χ1) is 32.5. The highest BCUT2D eigenvalue weighted by molar-refractivity contribution is 5.71. The van der Waals surface area contributed by atoms with E-state index in [1.165, 1.54) is 32.1 Å². The van der Waals surface area contributed by atoms with Crippen molar-refractivity contribution in [1.82, 2.24) is 0 Å². The quantitative estimate of drug-likeness (QED) is 0.0262. The maximum absolute atomic E-state index is 12.8. The largest absolute Gasteiger partial charge is 0.462 e. The van der Waals surface area contributed by atoms with Crippen LogP contribution in [-0.2, 0) is 28.6 Å². The predicted molar refractivity (Wildman–Crippen MR) is 283 cm³/mol. The van der Waals surface area contributed by atoms with Crippen LogP contribution in [0.25, 0.3) is 0 Å². The summed E-state index contributed by atoms with van der Waals surface area (Å²) >= 11 is 0. The molecule has 6 nitrogen and oxygen atoms in total. The second-order valence-corrected chi connectivity index (χ2v) is 16.3. The van der Waals surface area contributed by atoms with Gasteiger partial charge in [-0.25, -0.2) is 0 Å². The zero-order valence-electron chi connectivity index (χ0n) is 41.6. The molecule has 0 N–H and O–H groups in total. The Morgan fingerprint density at radius 3 is 0.939 bits per heavy atom. The van der Waals surface area contributed by atoms with Crippen LogP contribution in [0.4, 0.5) is 0 Å². The molecule has 66 heavy (non-hydrogen) atoms. The Morgan fingerprint density at radius 1 is 0.318 bits per heavy atom. The highest BCUT2D eigenvalue weighted by atomic mass is 16.6. The van der Waals surface area contributed by atoms with Gasteiger partial charge in [0, 0.05) is 19.3 Å². The zero-order valence-corrected chi connectivity index (χ0v) is 41.6. The van der Waals surface area contributed by atoms with Crippen molar-refractivity contribution in [3.8, 4) is 0 Å². The first-order valence-corrected chi connectivity index (χ1v) is 25.7. The van der Waals surface area contributed by atoms with E-state index in [-0.39, 0.29) is 44.0 Å². The van der Waals surface area contributed by atoms with Gasteiger partial charge in [0.05, 0.1) is 0 Å². The van der Waals surface area contributed by atoms with Crippen molar-refractivity contribution in [3.05, 3.63) is 158 Å². The molecule has 1 atom stereocenters. The van der Waals surface area contributed by atoms with Crippen LogP contribution in [0.1, 0.15) is 181 Å². The summed E-state index contributed by atoms with van der Waals surface area (Å²) in [5.74, 6) is -1.04. The van der Waals surface area contributed by atoms with Gasteiger partial charge in [0.25, 0.3) is 0 Å². The van der Waals surface area contributed by atoms with Gasteiger partial charge in [-0.1, -0.05) is 237 Å². The summed E-state index contributed by atoms with van der Waals surface area (Å²) in [6.07, 6.45) is 76.5. The molecule has 0 radical (unpaired) electrons. The average molecular weight is 907 g/mol. The molecule has 0 rings (SSSR count). The van der Waals surface area contributed by atoms with Gasteiger partial charge < -0.3 is 14.2 Å². The van der Waals surface area contributed by atoms with Crippen molar-refractivity contribution in [2.45, 2.75) is 187 Å². The second-order valence-electron chi connectivity index (χ2n) is 16.3. The molecule has 0 aromatic rings. The van der Waals surface area contributed by atoms with Crippen molar-refractivity contribution in [2.75, 3.05) is 13.2 Å². The molecule has 0 saturated heterocycles. The van der Waals surface area contributed by atoms with E-state index >= 15 is 0 Å². The Morgan fingerprint density at radius 2 is 0.591 bits per heavy atom. The summed E-state index contributed by atoms with van der Waals surface area (Å²) in [6, 6.07) is 0. The van der Waals surface area contributed by atoms with Crippen LogP contribution in [0.5, 0.6) is 0 Å².